The van der Waals surface area contributed by atoms with Crippen LogP contribution in [-0.2, 0) is 10.9 Å². The summed E-state index contributed by atoms with van der Waals surface area (Å²) in [6.07, 6.45) is -2.60. The van der Waals surface area contributed by atoms with Crippen molar-refractivity contribution in [1.82, 2.24) is 15.8 Å². The molecule has 1 aromatic rings. The third-order valence-electron chi connectivity index (χ3n) is 3.60. The summed E-state index contributed by atoms with van der Waals surface area (Å²) >= 11 is 0. The van der Waals surface area contributed by atoms with E-state index in [2.05, 4.69) is 20.7 Å². The first kappa shape index (κ1) is 16.2. The molecule has 9 heteroatoms. The summed E-state index contributed by atoms with van der Waals surface area (Å²) in [4.78, 5) is 8.79. The normalized spacial score (nSPS) is 24.8. The van der Waals surface area contributed by atoms with E-state index < -0.39 is 17.5 Å². The van der Waals surface area contributed by atoms with Crippen molar-refractivity contribution in [1.29, 1.82) is 0 Å². The van der Waals surface area contributed by atoms with Gasteiger partial charge in [-0.2, -0.15) is 18.2 Å². The summed E-state index contributed by atoms with van der Waals surface area (Å²) in [5, 5.41) is 4.84. The van der Waals surface area contributed by atoms with Crippen LogP contribution in [0.15, 0.2) is 46.0 Å². The van der Waals surface area contributed by atoms with Crippen molar-refractivity contribution in [3.8, 4) is 0 Å². The zero-order valence-corrected chi connectivity index (χ0v) is 13.3. The number of halogens is 3. The number of alkyl halides is 3. The van der Waals surface area contributed by atoms with Crippen LogP contribution >= 0.6 is 0 Å². The van der Waals surface area contributed by atoms with Gasteiger partial charge < -0.3 is 10.1 Å². The Bertz CT molecular complexity index is 738. The van der Waals surface area contributed by atoms with Crippen molar-refractivity contribution in [2.45, 2.75) is 25.8 Å². The molecule has 6 nitrogen and oxygen atoms in total. The summed E-state index contributed by atoms with van der Waals surface area (Å²) in [6, 6.07) is 4.97. The SMILES string of the molecule is COC1=NC2(C)NC(C)=CC(=Nc3ccc(C(F)(F)F)cc3)N2N1. The van der Waals surface area contributed by atoms with Gasteiger partial charge in [-0.3, -0.25) is 0 Å². The number of nitrogens with zero attached hydrogens (tertiary/aromatic N) is 3. The van der Waals surface area contributed by atoms with E-state index in [0.717, 1.165) is 17.8 Å². The topological polar surface area (TPSA) is 61.2 Å². The van der Waals surface area contributed by atoms with Crippen LogP contribution in [0.3, 0.4) is 0 Å². The minimum Gasteiger partial charge on any atom is -0.467 e. The average Bonchev–Trinajstić information content (AvgIpc) is 2.83. The van der Waals surface area contributed by atoms with Gasteiger partial charge in [0.2, 0.25) is 5.79 Å². The van der Waals surface area contributed by atoms with E-state index in [1.165, 1.54) is 19.2 Å². The van der Waals surface area contributed by atoms with Crippen molar-refractivity contribution >= 4 is 17.5 Å². The Morgan fingerprint density at radius 1 is 1.25 bits per heavy atom. The number of hydrogen-bond acceptors (Lipinski definition) is 5. The molecule has 0 amide bonds. The molecule has 1 atom stereocenters. The van der Waals surface area contributed by atoms with E-state index in [1.807, 2.05) is 13.8 Å². The van der Waals surface area contributed by atoms with Gasteiger partial charge in [0.1, 0.15) is 0 Å². The highest BCUT2D eigenvalue weighted by molar-refractivity contribution is 5.98. The minimum absolute atomic E-state index is 0.313. The largest absolute Gasteiger partial charge is 0.467 e. The molecule has 2 N–H and O–H groups in total. The molecule has 2 aliphatic rings. The highest BCUT2D eigenvalue weighted by atomic mass is 19.4. The van der Waals surface area contributed by atoms with Gasteiger partial charge in [0.05, 0.1) is 18.4 Å². The van der Waals surface area contributed by atoms with Crippen LogP contribution in [0.2, 0.25) is 0 Å². The number of fused-ring (bicyclic) bond motifs is 1. The van der Waals surface area contributed by atoms with Crippen LogP contribution < -0.4 is 10.7 Å². The molecule has 0 fully saturated rings. The van der Waals surface area contributed by atoms with Crippen molar-refractivity contribution in [2.24, 2.45) is 9.98 Å². The average molecular weight is 339 g/mol. The fourth-order valence-electron chi connectivity index (χ4n) is 2.54. The molecule has 0 spiro atoms. The summed E-state index contributed by atoms with van der Waals surface area (Å²) < 4.78 is 43.0. The summed E-state index contributed by atoms with van der Waals surface area (Å²) in [7, 11) is 1.49. The first-order valence-corrected chi connectivity index (χ1v) is 7.14. The molecule has 2 aliphatic heterocycles. The van der Waals surface area contributed by atoms with E-state index in [9.17, 15) is 13.2 Å². The molecule has 1 aromatic carbocycles. The second kappa shape index (κ2) is 5.43. The summed E-state index contributed by atoms with van der Waals surface area (Å²) in [5.41, 5.74) is 3.47. The Kier molecular flexibility index (Phi) is 3.66. The lowest BCUT2D eigenvalue weighted by Gasteiger charge is -2.38. The van der Waals surface area contributed by atoms with Gasteiger partial charge in [-0.15, -0.1) is 0 Å². The molecule has 0 aromatic heterocycles. The van der Waals surface area contributed by atoms with Crippen molar-refractivity contribution in [2.75, 3.05) is 7.11 Å². The predicted octanol–water partition coefficient (Wildman–Crippen LogP) is 2.74. The maximum atomic E-state index is 12.6. The lowest BCUT2D eigenvalue weighted by Crippen LogP contribution is -2.60. The number of allylic oxidation sites excluding steroid dienone is 1. The quantitative estimate of drug-likeness (QED) is 0.826. The maximum Gasteiger partial charge on any atom is 0.416 e. The number of ether oxygens (including phenoxy) is 1. The standard InChI is InChI=1S/C15H16F3N5O/c1-9-8-12(23-14(2,20-9)21-13(22-23)24-3)19-11-6-4-10(5-7-11)15(16,17)18/h4-8,20H,1-3H3,(H,21,22). The van der Waals surface area contributed by atoms with E-state index >= 15 is 0 Å². The van der Waals surface area contributed by atoms with Gasteiger partial charge in [0.15, 0.2) is 5.84 Å². The van der Waals surface area contributed by atoms with Crippen LogP contribution in [0.1, 0.15) is 19.4 Å². The Labute approximate surface area is 136 Å². The molecule has 0 aliphatic carbocycles. The third kappa shape index (κ3) is 2.89. The first-order chi connectivity index (χ1) is 11.2. The molecular formula is C15H16F3N5O. The molecule has 2 heterocycles. The summed E-state index contributed by atoms with van der Waals surface area (Å²) in [5.74, 6) is -0.320. The van der Waals surface area contributed by atoms with E-state index in [4.69, 9.17) is 4.74 Å². The highest BCUT2D eigenvalue weighted by Gasteiger charge is 2.43. The highest BCUT2D eigenvalue weighted by Crippen LogP contribution is 2.31. The predicted molar refractivity (Wildman–Crippen MR) is 83.3 cm³/mol. The van der Waals surface area contributed by atoms with Crippen LogP contribution in [0.5, 0.6) is 0 Å². The number of nitrogens with one attached hydrogen (secondary N) is 2. The molecule has 0 saturated carbocycles. The molecule has 128 valence electrons. The molecule has 1 unspecified atom stereocenters. The molecular weight excluding hydrogens is 323 g/mol. The molecule has 0 saturated heterocycles. The molecule has 0 bridgehead atoms. The van der Waals surface area contributed by atoms with Crippen LogP contribution in [0, 0.1) is 0 Å². The van der Waals surface area contributed by atoms with Gasteiger partial charge >= 0.3 is 12.2 Å². The minimum atomic E-state index is -4.37. The smallest absolute Gasteiger partial charge is 0.416 e. The number of methoxy groups -OCH3 is 1. The van der Waals surface area contributed by atoms with Crippen LogP contribution in [-0.4, -0.2) is 29.8 Å². The van der Waals surface area contributed by atoms with Gasteiger partial charge in [-0.25, -0.2) is 15.4 Å². The lowest BCUT2D eigenvalue weighted by atomic mass is 10.2. The fourth-order valence-corrected chi connectivity index (χ4v) is 2.54. The van der Waals surface area contributed by atoms with E-state index in [1.54, 1.807) is 11.1 Å². The van der Waals surface area contributed by atoms with Crippen molar-refractivity contribution in [3.05, 3.63) is 41.6 Å². The van der Waals surface area contributed by atoms with Gasteiger partial charge in [-0.1, -0.05) is 0 Å². The summed E-state index contributed by atoms with van der Waals surface area (Å²) in [6.45, 7) is 3.68. The lowest BCUT2D eigenvalue weighted by molar-refractivity contribution is -0.137. The Morgan fingerprint density at radius 2 is 1.92 bits per heavy atom. The monoisotopic (exact) mass is 339 g/mol. The molecule has 0 radical (unpaired) electrons. The first-order valence-electron chi connectivity index (χ1n) is 7.14. The number of hydrazine groups is 1. The second-order valence-corrected chi connectivity index (χ2v) is 5.56. The number of rotatable bonds is 1. The van der Waals surface area contributed by atoms with Crippen molar-refractivity contribution in [3.63, 3.8) is 0 Å². The number of aliphatic imine (C=N–C) groups is 2. The molecule has 24 heavy (non-hydrogen) atoms. The maximum absolute atomic E-state index is 12.6. The third-order valence-corrected chi connectivity index (χ3v) is 3.60. The Balaban J connectivity index is 1.93. The number of benzene rings is 1. The molecule has 3 rings (SSSR count). The fraction of sp³-hybridized carbons (Fsp3) is 0.333. The van der Waals surface area contributed by atoms with Gasteiger partial charge in [-0.05, 0) is 31.2 Å². The van der Waals surface area contributed by atoms with Crippen LogP contribution in [0.4, 0.5) is 18.9 Å². The second-order valence-electron chi connectivity index (χ2n) is 5.56. The number of amidine groups is 2. The van der Waals surface area contributed by atoms with Crippen LogP contribution in [0.25, 0.3) is 0 Å². The van der Waals surface area contributed by atoms with Gasteiger partial charge in [0.25, 0.3) is 0 Å². The van der Waals surface area contributed by atoms with E-state index in [-0.39, 0.29) is 0 Å². The zero-order chi connectivity index (χ0) is 17.5. The van der Waals surface area contributed by atoms with E-state index in [0.29, 0.717) is 17.5 Å². The number of hydrogen-bond donors (Lipinski definition) is 2. The Morgan fingerprint density at radius 3 is 2.50 bits per heavy atom. The van der Waals surface area contributed by atoms with Gasteiger partial charge in [0, 0.05) is 18.7 Å². The van der Waals surface area contributed by atoms with Crippen molar-refractivity contribution < 1.29 is 17.9 Å². The zero-order valence-electron chi connectivity index (χ0n) is 13.3. The Hall–Kier alpha value is -2.71.